The van der Waals surface area contributed by atoms with Gasteiger partial charge in [0.15, 0.2) is 0 Å². The van der Waals surface area contributed by atoms with Gasteiger partial charge in [0, 0.05) is 0 Å². The van der Waals surface area contributed by atoms with Crippen LogP contribution in [0.5, 0.6) is 5.75 Å². The van der Waals surface area contributed by atoms with Crippen molar-refractivity contribution in [3.05, 3.63) is 78.9 Å². The van der Waals surface area contributed by atoms with E-state index in [0.717, 1.165) is 31.7 Å². The lowest BCUT2D eigenvalue weighted by Gasteiger charge is -2.14. The highest BCUT2D eigenvalue weighted by molar-refractivity contribution is 5.84. The summed E-state index contributed by atoms with van der Waals surface area (Å²) in [5.41, 5.74) is 10.4. The Balaban J connectivity index is 1.65. The van der Waals surface area contributed by atoms with Crippen LogP contribution < -0.4 is 10.5 Å². The number of nitrogens with two attached hydrogens (primary N) is 1. The number of unbranched alkanes of at least 4 members (excludes halogenated alkanes) is 5. The van der Waals surface area contributed by atoms with Gasteiger partial charge in [-0.05, 0) is 53.8 Å². The van der Waals surface area contributed by atoms with Crippen molar-refractivity contribution in [2.24, 2.45) is 5.73 Å². The van der Waals surface area contributed by atoms with Crippen molar-refractivity contribution in [1.82, 2.24) is 0 Å². The Morgan fingerprint density at radius 2 is 1.14 bits per heavy atom. The predicted octanol–water partition coefficient (Wildman–Crippen LogP) is 6.70. The zero-order valence-corrected chi connectivity index (χ0v) is 16.6. The summed E-state index contributed by atoms with van der Waals surface area (Å²) in [6.45, 7) is 1.58. The fourth-order valence-corrected chi connectivity index (χ4v) is 3.48. The Morgan fingerprint density at radius 1 is 0.571 bits per heavy atom. The minimum absolute atomic E-state index is 0.774. The van der Waals surface area contributed by atoms with Gasteiger partial charge >= 0.3 is 0 Å². The first-order valence-electron chi connectivity index (χ1n) is 10.5. The van der Waals surface area contributed by atoms with Crippen molar-refractivity contribution in [3.8, 4) is 28.0 Å². The summed E-state index contributed by atoms with van der Waals surface area (Å²) in [7, 11) is 0. The maximum Gasteiger partial charge on any atom is 0.119 e. The van der Waals surface area contributed by atoms with Crippen LogP contribution in [0.3, 0.4) is 0 Å². The number of benzene rings is 3. The van der Waals surface area contributed by atoms with E-state index < -0.39 is 0 Å². The van der Waals surface area contributed by atoms with Crippen LogP contribution in [0.4, 0.5) is 0 Å². The van der Waals surface area contributed by atoms with Gasteiger partial charge in [0.2, 0.25) is 0 Å². The van der Waals surface area contributed by atoms with Gasteiger partial charge in [-0.15, -0.1) is 0 Å². The van der Waals surface area contributed by atoms with Crippen molar-refractivity contribution < 1.29 is 4.74 Å². The molecule has 0 unspecified atom stereocenters. The second-order valence-electron chi connectivity index (χ2n) is 7.20. The molecule has 0 aliphatic rings. The Labute approximate surface area is 169 Å². The summed E-state index contributed by atoms with van der Waals surface area (Å²) in [5.74, 6) is 0.946. The van der Waals surface area contributed by atoms with Crippen LogP contribution in [-0.2, 0) is 0 Å². The van der Waals surface area contributed by atoms with E-state index in [4.69, 9.17) is 10.5 Å². The molecule has 146 valence electrons. The Kier molecular flexibility index (Phi) is 8.14. The largest absolute Gasteiger partial charge is 0.494 e. The van der Waals surface area contributed by atoms with Crippen LogP contribution in [0.1, 0.15) is 38.5 Å². The molecule has 0 bridgehead atoms. The minimum Gasteiger partial charge on any atom is -0.494 e. The number of hydrogen-bond acceptors (Lipinski definition) is 2. The third kappa shape index (κ3) is 5.97. The molecule has 0 amide bonds. The van der Waals surface area contributed by atoms with Gasteiger partial charge in [-0.2, -0.15) is 0 Å². The summed E-state index contributed by atoms with van der Waals surface area (Å²) in [6.07, 6.45) is 7.26. The minimum atomic E-state index is 0.774. The zero-order chi connectivity index (χ0) is 19.4. The standard InChI is InChI=1S/C26H31NO/c27-19-11-3-1-2-4-12-20-28-24-17-18-25(22-13-7-5-8-14-22)26(21-24)23-15-9-6-10-16-23/h5-10,13-18,21H,1-4,11-12,19-20,27H2. The molecule has 0 aromatic heterocycles. The summed E-state index contributed by atoms with van der Waals surface area (Å²) in [6, 6.07) is 27.5. The van der Waals surface area contributed by atoms with Gasteiger partial charge in [0.1, 0.15) is 5.75 Å². The average Bonchev–Trinajstić information content (AvgIpc) is 2.77. The van der Waals surface area contributed by atoms with Crippen LogP contribution in [0.25, 0.3) is 22.3 Å². The van der Waals surface area contributed by atoms with Crippen LogP contribution in [0, 0.1) is 0 Å². The molecule has 3 aromatic rings. The second-order valence-corrected chi connectivity index (χ2v) is 7.20. The van der Waals surface area contributed by atoms with Gasteiger partial charge in [-0.25, -0.2) is 0 Å². The van der Waals surface area contributed by atoms with E-state index in [0.29, 0.717) is 0 Å². The third-order valence-electron chi connectivity index (χ3n) is 5.03. The molecule has 0 fully saturated rings. The van der Waals surface area contributed by atoms with Crippen molar-refractivity contribution in [3.63, 3.8) is 0 Å². The molecule has 0 aliphatic heterocycles. The van der Waals surface area contributed by atoms with Crippen LogP contribution in [0.15, 0.2) is 78.9 Å². The monoisotopic (exact) mass is 373 g/mol. The summed E-state index contributed by atoms with van der Waals surface area (Å²) in [5, 5.41) is 0. The highest BCUT2D eigenvalue weighted by Crippen LogP contribution is 2.35. The maximum absolute atomic E-state index is 6.07. The molecule has 0 spiro atoms. The number of ether oxygens (including phenoxy) is 1. The first kappa shape index (κ1) is 20.2. The number of rotatable bonds is 11. The van der Waals surface area contributed by atoms with Gasteiger partial charge in [0.05, 0.1) is 6.61 Å². The zero-order valence-electron chi connectivity index (χ0n) is 16.6. The van der Waals surface area contributed by atoms with Crippen molar-refractivity contribution in [2.75, 3.05) is 13.2 Å². The van der Waals surface area contributed by atoms with Crippen LogP contribution >= 0.6 is 0 Å². The van der Waals surface area contributed by atoms with Gasteiger partial charge in [-0.1, -0.05) is 92.4 Å². The molecule has 3 rings (SSSR count). The molecule has 2 nitrogen and oxygen atoms in total. The summed E-state index contributed by atoms with van der Waals surface area (Å²) in [4.78, 5) is 0. The van der Waals surface area contributed by atoms with Gasteiger partial charge in [-0.3, -0.25) is 0 Å². The molecule has 0 saturated carbocycles. The lowest BCUT2D eigenvalue weighted by molar-refractivity contribution is 0.304. The highest BCUT2D eigenvalue weighted by Gasteiger charge is 2.09. The molecule has 0 radical (unpaired) electrons. The molecule has 0 heterocycles. The van der Waals surface area contributed by atoms with Crippen LogP contribution in [0.2, 0.25) is 0 Å². The second kappa shape index (κ2) is 11.3. The topological polar surface area (TPSA) is 35.2 Å². The molecule has 28 heavy (non-hydrogen) atoms. The van der Waals surface area contributed by atoms with E-state index in [1.807, 2.05) is 0 Å². The fourth-order valence-electron chi connectivity index (χ4n) is 3.48. The predicted molar refractivity (Wildman–Crippen MR) is 120 cm³/mol. The van der Waals surface area contributed by atoms with Crippen molar-refractivity contribution in [2.45, 2.75) is 38.5 Å². The normalized spacial score (nSPS) is 10.8. The Bertz CT molecular complexity index is 814. The Morgan fingerprint density at radius 3 is 1.79 bits per heavy atom. The quantitative estimate of drug-likeness (QED) is 0.380. The molecule has 2 heteroatoms. The molecule has 0 saturated heterocycles. The number of hydrogen-bond donors (Lipinski definition) is 1. The first-order valence-corrected chi connectivity index (χ1v) is 10.5. The van der Waals surface area contributed by atoms with E-state index in [9.17, 15) is 0 Å². The van der Waals surface area contributed by atoms with E-state index in [1.165, 1.54) is 47.9 Å². The lowest BCUT2D eigenvalue weighted by atomic mass is 9.94. The SMILES string of the molecule is NCCCCCCCCOc1ccc(-c2ccccc2)c(-c2ccccc2)c1. The van der Waals surface area contributed by atoms with Crippen molar-refractivity contribution >= 4 is 0 Å². The Hall–Kier alpha value is -2.58. The summed E-state index contributed by atoms with van der Waals surface area (Å²) >= 11 is 0. The first-order chi connectivity index (χ1) is 13.9. The molecule has 2 N–H and O–H groups in total. The van der Waals surface area contributed by atoms with E-state index in [-0.39, 0.29) is 0 Å². The van der Waals surface area contributed by atoms with Crippen molar-refractivity contribution in [1.29, 1.82) is 0 Å². The fraction of sp³-hybridized carbons (Fsp3) is 0.308. The third-order valence-corrected chi connectivity index (χ3v) is 5.03. The van der Waals surface area contributed by atoms with E-state index in [2.05, 4.69) is 78.9 Å². The summed E-state index contributed by atoms with van der Waals surface area (Å²) < 4.78 is 6.07. The highest BCUT2D eigenvalue weighted by atomic mass is 16.5. The molecule has 0 aliphatic carbocycles. The molecule has 0 atom stereocenters. The molecular weight excluding hydrogens is 342 g/mol. The van der Waals surface area contributed by atoms with Gasteiger partial charge in [0.25, 0.3) is 0 Å². The maximum atomic E-state index is 6.07. The lowest BCUT2D eigenvalue weighted by Crippen LogP contribution is -1.99. The van der Waals surface area contributed by atoms with Gasteiger partial charge < -0.3 is 10.5 Å². The molecular formula is C26H31NO. The van der Waals surface area contributed by atoms with Crippen LogP contribution in [-0.4, -0.2) is 13.2 Å². The van der Waals surface area contributed by atoms with E-state index in [1.54, 1.807) is 0 Å². The average molecular weight is 374 g/mol. The molecule has 3 aromatic carbocycles. The smallest absolute Gasteiger partial charge is 0.119 e. The van der Waals surface area contributed by atoms with E-state index >= 15 is 0 Å².